The van der Waals surface area contributed by atoms with Crippen LogP contribution in [0.15, 0.2) is 29.3 Å². The molecule has 2 N–H and O–H groups in total. The summed E-state index contributed by atoms with van der Waals surface area (Å²) >= 11 is 0. The number of hydrogen-bond acceptors (Lipinski definition) is 2. The van der Waals surface area contributed by atoms with Gasteiger partial charge in [-0.1, -0.05) is 32.0 Å². The second kappa shape index (κ2) is 8.92. The lowest BCUT2D eigenvalue weighted by Gasteiger charge is -2.25. The Hall–Kier alpha value is -1.76. The van der Waals surface area contributed by atoms with E-state index in [2.05, 4.69) is 15.6 Å². The quantitative estimate of drug-likeness (QED) is 0.453. The van der Waals surface area contributed by atoms with Gasteiger partial charge in [0, 0.05) is 25.6 Å². The fraction of sp³-hybridized carbons (Fsp3) is 0.588. The van der Waals surface area contributed by atoms with Crippen LogP contribution in [0.2, 0.25) is 0 Å². The van der Waals surface area contributed by atoms with Crippen LogP contribution in [0, 0.1) is 0 Å². The minimum atomic E-state index is -4.34. The summed E-state index contributed by atoms with van der Waals surface area (Å²) in [5.41, 5.74) is -0.554. The summed E-state index contributed by atoms with van der Waals surface area (Å²) in [5.74, 6) is 0.620. The van der Waals surface area contributed by atoms with Gasteiger partial charge < -0.3 is 15.4 Å². The normalized spacial score (nSPS) is 13.0. The molecular weight excluding hydrogens is 319 g/mol. The number of guanidine groups is 1. The van der Waals surface area contributed by atoms with E-state index >= 15 is 0 Å². The molecule has 0 spiro atoms. The molecular formula is C17H26F3N3O. The van der Waals surface area contributed by atoms with E-state index in [9.17, 15) is 13.2 Å². The molecule has 7 heteroatoms. The number of nitrogens with zero attached hydrogens (tertiary/aromatic N) is 1. The molecule has 0 fully saturated rings. The largest absolute Gasteiger partial charge is 0.416 e. The monoisotopic (exact) mass is 345 g/mol. The van der Waals surface area contributed by atoms with E-state index in [4.69, 9.17) is 4.74 Å². The number of methoxy groups -OCH3 is 1. The Kier molecular flexibility index (Phi) is 7.54. The molecule has 0 aliphatic heterocycles. The van der Waals surface area contributed by atoms with Gasteiger partial charge in [0.15, 0.2) is 5.96 Å². The maximum absolute atomic E-state index is 12.9. The van der Waals surface area contributed by atoms with Crippen molar-refractivity contribution in [2.75, 3.05) is 33.4 Å². The fourth-order valence-corrected chi connectivity index (χ4v) is 2.10. The lowest BCUT2D eigenvalue weighted by Crippen LogP contribution is -2.40. The number of halogens is 3. The number of hydrogen-bond donors (Lipinski definition) is 2. The molecule has 1 aromatic carbocycles. The molecule has 0 bridgehead atoms. The predicted molar refractivity (Wildman–Crippen MR) is 90.3 cm³/mol. The molecule has 1 aromatic rings. The van der Waals surface area contributed by atoms with Crippen LogP contribution in [0.5, 0.6) is 0 Å². The first kappa shape index (κ1) is 20.3. The Balaban J connectivity index is 2.88. The lowest BCUT2D eigenvalue weighted by atomic mass is 9.84. The van der Waals surface area contributed by atoms with Crippen LogP contribution in [0.25, 0.3) is 0 Å². The molecule has 1 rings (SSSR count). The van der Waals surface area contributed by atoms with E-state index in [1.54, 1.807) is 13.2 Å². The molecule has 24 heavy (non-hydrogen) atoms. The average Bonchev–Trinajstić information content (AvgIpc) is 2.52. The number of ether oxygens (including phenoxy) is 1. The van der Waals surface area contributed by atoms with E-state index in [1.165, 1.54) is 12.1 Å². The van der Waals surface area contributed by atoms with E-state index in [1.807, 2.05) is 20.8 Å². The second-order valence-electron chi connectivity index (χ2n) is 6.08. The van der Waals surface area contributed by atoms with Crippen LogP contribution in [0.3, 0.4) is 0 Å². The van der Waals surface area contributed by atoms with Gasteiger partial charge in [0.2, 0.25) is 0 Å². The molecule has 0 unspecified atom stereocenters. The number of aliphatic imine (C=N–C) groups is 1. The molecule has 136 valence electrons. The van der Waals surface area contributed by atoms with Crippen molar-refractivity contribution >= 4 is 5.96 Å². The maximum atomic E-state index is 12.9. The summed E-state index contributed by atoms with van der Waals surface area (Å²) in [6.07, 6.45) is -4.34. The van der Waals surface area contributed by atoms with E-state index in [-0.39, 0.29) is 0 Å². The molecule has 0 heterocycles. The van der Waals surface area contributed by atoms with Crippen LogP contribution < -0.4 is 10.6 Å². The zero-order valence-electron chi connectivity index (χ0n) is 14.6. The van der Waals surface area contributed by atoms with Gasteiger partial charge in [0.05, 0.1) is 18.7 Å². The summed E-state index contributed by atoms with van der Waals surface area (Å²) in [4.78, 5) is 4.48. The van der Waals surface area contributed by atoms with Crippen molar-refractivity contribution in [2.45, 2.75) is 32.4 Å². The smallest absolute Gasteiger partial charge is 0.383 e. The Bertz CT molecular complexity index is 542. The molecule has 0 aliphatic carbocycles. The Morgan fingerprint density at radius 2 is 1.83 bits per heavy atom. The zero-order chi connectivity index (χ0) is 18.2. The number of rotatable bonds is 7. The molecule has 0 saturated heterocycles. The van der Waals surface area contributed by atoms with Gasteiger partial charge in [-0.15, -0.1) is 0 Å². The summed E-state index contributed by atoms with van der Waals surface area (Å²) in [5, 5.41) is 6.22. The van der Waals surface area contributed by atoms with Gasteiger partial charge in [-0.2, -0.15) is 13.2 Å². The van der Waals surface area contributed by atoms with Gasteiger partial charge in [-0.05, 0) is 18.6 Å². The number of alkyl halides is 3. The van der Waals surface area contributed by atoms with Crippen LogP contribution in [0.1, 0.15) is 31.9 Å². The summed E-state index contributed by atoms with van der Waals surface area (Å²) in [6, 6.07) is 5.42. The van der Waals surface area contributed by atoms with Crippen molar-refractivity contribution in [3.63, 3.8) is 0 Å². The molecule has 0 atom stereocenters. The predicted octanol–water partition coefficient (Wildman–Crippen LogP) is 3.18. The standard InChI is InChI=1S/C17H26F3N3O/c1-5-21-15(22-9-10-24-4)23-12-16(2,3)13-7-6-8-14(11-13)17(18,19)20/h6-8,11H,5,9-10,12H2,1-4H3,(H2,21,22,23). The molecule has 0 saturated carbocycles. The van der Waals surface area contributed by atoms with Crippen molar-refractivity contribution in [3.8, 4) is 0 Å². The summed E-state index contributed by atoms with van der Waals surface area (Å²) in [7, 11) is 1.61. The summed E-state index contributed by atoms with van der Waals surface area (Å²) in [6.45, 7) is 7.91. The van der Waals surface area contributed by atoms with E-state index in [0.717, 1.165) is 6.07 Å². The van der Waals surface area contributed by atoms with Gasteiger partial charge in [-0.25, -0.2) is 0 Å². The third-order valence-corrected chi connectivity index (χ3v) is 3.55. The minimum absolute atomic E-state index is 0.358. The van der Waals surface area contributed by atoms with Gasteiger partial charge >= 0.3 is 6.18 Å². The Labute approximate surface area is 141 Å². The first-order valence-corrected chi connectivity index (χ1v) is 7.89. The molecule has 0 amide bonds. The SMILES string of the molecule is CCNC(=NCC(C)(C)c1cccc(C(F)(F)F)c1)NCCOC. The highest BCUT2D eigenvalue weighted by molar-refractivity contribution is 5.79. The van der Waals surface area contributed by atoms with Crippen molar-refractivity contribution in [1.29, 1.82) is 0 Å². The highest BCUT2D eigenvalue weighted by Gasteiger charge is 2.32. The lowest BCUT2D eigenvalue weighted by molar-refractivity contribution is -0.137. The van der Waals surface area contributed by atoms with Gasteiger partial charge in [-0.3, -0.25) is 4.99 Å². The Morgan fingerprint density at radius 1 is 1.17 bits per heavy atom. The van der Waals surface area contributed by atoms with Gasteiger partial charge in [0.25, 0.3) is 0 Å². The number of benzene rings is 1. The summed E-state index contributed by atoms with van der Waals surface area (Å²) < 4.78 is 43.6. The highest BCUT2D eigenvalue weighted by Crippen LogP contribution is 2.32. The third kappa shape index (κ3) is 6.39. The van der Waals surface area contributed by atoms with E-state index < -0.39 is 17.2 Å². The molecule has 4 nitrogen and oxygen atoms in total. The van der Waals surface area contributed by atoms with Gasteiger partial charge in [0.1, 0.15) is 0 Å². The van der Waals surface area contributed by atoms with Crippen LogP contribution in [-0.4, -0.2) is 39.3 Å². The molecule has 0 aromatic heterocycles. The Morgan fingerprint density at radius 3 is 2.42 bits per heavy atom. The van der Waals surface area contributed by atoms with Crippen LogP contribution in [-0.2, 0) is 16.3 Å². The van der Waals surface area contributed by atoms with Crippen molar-refractivity contribution in [3.05, 3.63) is 35.4 Å². The second-order valence-corrected chi connectivity index (χ2v) is 6.08. The fourth-order valence-electron chi connectivity index (χ4n) is 2.10. The third-order valence-electron chi connectivity index (χ3n) is 3.55. The average molecular weight is 345 g/mol. The highest BCUT2D eigenvalue weighted by atomic mass is 19.4. The number of nitrogens with one attached hydrogen (secondary N) is 2. The maximum Gasteiger partial charge on any atom is 0.416 e. The molecule has 0 radical (unpaired) electrons. The zero-order valence-corrected chi connectivity index (χ0v) is 14.6. The van der Waals surface area contributed by atoms with Crippen molar-refractivity contribution < 1.29 is 17.9 Å². The van der Waals surface area contributed by atoms with Crippen molar-refractivity contribution in [2.24, 2.45) is 4.99 Å². The van der Waals surface area contributed by atoms with Crippen molar-refractivity contribution in [1.82, 2.24) is 10.6 Å². The topological polar surface area (TPSA) is 45.7 Å². The minimum Gasteiger partial charge on any atom is -0.383 e. The first-order valence-electron chi connectivity index (χ1n) is 7.89. The first-order chi connectivity index (χ1) is 11.2. The van der Waals surface area contributed by atoms with Crippen LogP contribution in [0.4, 0.5) is 13.2 Å². The molecule has 0 aliphatic rings. The van der Waals surface area contributed by atoms with E-state index in [0.29, 0.717) is 37.8 Å². The van der Waals surface area contributed by atoms with Crippen LogP contribution >= 0.6 is 0 Å².